The molecule has 5 nitrogen and oxygen atoms in total. The van der Waals surface area contributed by atoms with Gasteiger partial charge in [0.05, 0.1) is 11.6 Å². The van der Waals surface area contributed by atoms with E-state index in [0.29, 0.717) is 5.58 Å². The molecular weight excluding hydrogens is 268 g/mol. The molecule has 1 N–H and O–H groups in total. The molecular formula is C16H18N2O3. The molecule has 0 aliphatic heterocycles. The van der Waals surface area contributed by atoms with Crippen molar-refractivity contribution in [3.05, 3.63) is 52.4 Å². The van der Waals surface area contributed by atoms with Gasteiger partial charge < -0.3 is 14.2 Å². The van der Waals surface area contributed by atoms with Crippen LogP contribution in [0, 0.1) is 0 Å². The predicted molar refractivity (Wildman–Crippen MR) is 81.6 cm³/mol. The van der Waals surface area contributed by atoms with Crippen LogP contribution in [0.25, 0.3) is 11.1 Å². The Labute approximate surface area is 122 Å². The topological polar surface area (TPSA) is 60.3 Å². The molecule has 0 bridgehead atoms. The summed E-state index contributed by atoms with van der Waals surface area (Å²) in [6.07, 6.45) is 0.883. The average molecular weight is 286 g/mol. The van der Waals surface area contributed by atoms with Gasteiger partial charge in [-0.3, -0.25) is 4.57 Å². The van der Waals surface area contributed by atoms with E-state index >= 15 is 0 Å². The van der Waals surface area contributed by atoms with E-state index in [1.54, 1.807) is 7.05 Å². The van der Waals surface area contributed by atoms with E-state index in [4.69, 9.17) is 8.83 Å². The SMILES string of the molecule is CCc1ccc([C@@H](C)Nc2ccc3c(c2)oc(=O)n3C)o1. The largest absolute Gasteiger partial charge is 0.464 e. The van der Waals surface area contributed by atoms with Gasteiger partial charge in [-0.1, -0.05) is 6.92 Å². The minimum atomic E-state index is -0.353. The van der Waals surface area contributed by atoms with Crippen molar-refractivity contribution in [3.63, 3.8) is 0 Å². The molecule has 3 aromatic rings. The Morgan fingerprint density at radius 1 is 1.24 bits per heavy atom. The van der Waals surface area contributed by atoms with E-state index in [1.807, 2.05) is 37.3 Å². The lowest BCUT2D eigenvalue weighted by molar-refractivity contribution is 0.454. The van der Waals surface area contributed by atoms with Crippen molar-refractivity contribution < 1.29 is 8.83 Å². The van der Waals surface area contributed by atoms with Crippen molar-refractivity contribution >= 4 is 16.8 Å². The van der Waals surface area contributed by atoms with E-state index in [9.17, 15) is 4.79 Å². The fraction of sp³-hybridized carbons (Fsp3) is 0.312. The summed E-state index contributed by atoms with van der Waals surface area (Å²) in [4.78, 5) is 11.5. The number of benzene rings is 1. The van der Waals surface area contributed by atoms with E-state index in [2.05, 4.69) is 12.2 Å². The summed E-state index contributed by atoms with van der Waals surface area (Å²) in [6.45, 7) is 4.09. The van der Waals surface area contributed by atoms with Gasteiger partial charge in [0.15, 0.2) is 5.58 Å². The smallest absolute Gasteiger partial charge is 0.419 e. The van der Waals surface area contributed by atoms with E-state index in [1.165, 1.54) is 4.57 Å². The molecule has 0 aliphatic carbocycles. The van der Waals surface area contributed by atoms with Crippen molar-refractivity contribution in [1.82, 2.24) is 4.57 Å². The molecule has 2 heterocycles. The number of aryl methyl sites for hydroxylation is 2. The monoisotopic (exact) mass is 286 g/mol. The molecule has 0 spiro atoms. The third-order valence-electron chi connectivity index (χ3n) is 3.63. The molecule has 3 rings (SSSR count). The summed E-state index contributed by atoms with van der Waals surface area (Å²) in [5.74, 6) is 1.51. The summed E-state index contributed by atoms with van der Waals surface area (Å²) in [5.41, 5.74) is 2.25. The zero-order valence-electron chi connectivity index (χ0n) is 12.3. The van der Waals surface area contributed by atoms with Crippen LogP contribution in [0.1, 0.15) is 31.4 Å². The van der Waals surface area contributed by atoms with Crippen molar-refractivity contribution in [3.8, 4) is 0 Å². The van der Waals surface area contributed by atoms with Crippen LogP contribution in [0.15, 0.2) is 44.0 Å². The third kappa shape index (κ3) is 2.46. The number of rotatable bonds is 4. The van der Waals surface area contributed by atoms with Crippen molar-refractivity contribution in [2.45, 2.75) is 26.3 Å². The number of nitrogens with one attached hydrogen (secondary N) is 1. The predicted octanol–water partition coefficient (Wildman–Crippen LogP) is 3.46. The van der Waals surface area contributed by atoms with Crippen molar-refractivity contribution in [1.29, 1.82) is 0 Å². The number of hydrogen-bond donors (Lipinski definition) is 1. The molecule has 21 heavy (non-hydrogen) atoms. The molecule has 0 fully saturated rings. The fourth-order valence-corrected chi connectivity index (χ4v) is 2.36. The summed E-state index contributed by atoms with van der Waals surface area (Å²) < 4.78 is 12.4. The quantitative estimate of drug-likeness (QED) is 0.798. The number of oxazole rings is 1. The molecule has 5 heteroatoms. The first-order chi connectivity index (χ1) is 10.1. The van der Waals surface area contributed by atoms with Crippen LogP contribution in [0.2, 0.25) is 0 Å². The highest BCUT2D eigenvalue weighted by Gasteiger charge is 2.12. The Morgan fingerprint density at radius 2 is 2.05 bits per heavy atom. The van der Waals surface area contributed by atoms with Gasteiger partial charge >= 0.3 is 5.76 Å². The number of fused-ring (bicyclic) bond motifs is 1. The third-order valence-corrected chi connectivity index (χ3v) is 3.63. The minimum Gasteiger partial charge on any atom is -0.464 e. The summed E-state index contributed by atoms with van der Waals surface area (Å²) >= 11 is 0. The zero-order valence-corrected chi connectivity index (χ0v) is 12.3. The molecule has 0 saturated heterocycles. The lowest BCUT2D eigenvalue weighted by atomic mass is 10.2. The number of hydrogen-bond acceptors (Lipinski definition) is 4. The highest BCUT2D eigenvalue weighted by molar-refractivity contribution is 5.77. The maximum absolute atomic E-state index is 11.5. The highest BCUT2D eigenvalue weighted by atomic mass is 16.4. The normalized spacial score (nSPS) is 12.7. The summed E-state index contributed by atoms with van der Waals surface area (Å²) in [6, 6.07) is 9.65. The molecule has 0 amide bonds. The molecule has 2 aromatic heterocycles. The number of nitrogens with zero attached hydrogens (tertiary/aromatic N) is 1. The van der Waals surface area contributed by atoms with Gasteiger partial charge in [-0.15, -0.1) is 0 Å². The fourth-order valence-electron chi connectivity index (χ4n) is 2.36. The van der Waals surface area contributed by atoms with Gasteiger partial charge in [0, 0.05) is 25.2 Å². The van der Waals surface area contributed by atoms with Crippen LogP contribution in [0.3, 0.4) is 0 Å². The van der Waals surface area contributed by atoms with Crippen molar-refractivity contribution in [2.75, 3.05) is 5.32 Å². The Bertz CT molecular complexity index is 826. The van der Waals surface area contributed by atoms with Gasteiger partial charge in [0.25, 0.3) is 0 Å². The minimum absolute atomic E-state index is 0.0400. The maximum Gasteiger partial charge on any atom is 0.419 e. The molecule has 0 aliphatic rings. The average Bonchev–Trinajstić information content (AvgIpc) is 3.05. The van der Waals surface area contributed by atoms with Crippen LogP contribution in [0.5, 0.6) is 0 Å². The number of aromatic nitrogens is 1. The number of furan rings is 1. The highest BCUT2D eigenvalue weighted by Crippen LogP contribution is 2.24. The van der Waals surface area contributed by atoms with Crippen LogP contribution in [-0.2, 0) is 13.5 Å². The van der Waals surface area contributed by atoms with Gasteiger partial charge in [0.2, 0.25) is 0 Å². The first kappa shape index (κ1) is 13.5. The lowest BCUT2D eigenvalue weighted by Crippen LogP contribution is -2.08. The van der Waals surface area contributed by atoms with E-state index < -0.39 is 0 Å². The van der Waals surface area contributed by atoms with Gasteiger partial charge in [0.1, 0.15) is 11.5 Å². The lowest BCUT2D eigenvalue weighted by Gasteiger charge is -2.12. The van der Waals surface area contributed by atoms with E-state index in [-0.39, 0.29) is 11.8 Å². The standard InChI is InChI=1S/C16H18N2O3/c1-4-12-6-8-14(20-12)10(2)17-11-5-7-13-15(9-11)21-16(19)18(13)3/h5-10,17H,4H2,1-3H3/t10-/m1/s1. The molecule has 1 atom stereocenters. The van der Waals surface area contributed by atoms with Gasteiger partial charge in [-0.05, 0) is 31.2 Å². The van der Waals surface area contributed by atoms with Crippen LogP contribution >= 0.6 is 0 Å². The first-order valence-electron chi connectivity index (χ1n) is 7.03. The Morgan fingerprint density at radius 3 is 2.76 bits per heavy atom. The van der Waals surface area contributed by atoms with Crippen LogP contribution in [-0.4, -0.2) is 4.57 Å². The second-order valence-electron chi connectivity index (χ2n) is 5.13. The van der Waals surface area contributed by atoms with Gasteiger partial charge in [-0.25, -0.2) is 4.79 Å². The van der Waals surface area contributed by atoms with E-state index in [0.717, 1.165) is 29.1 Å². The van der Waals surface area contributed by atoms with Crippen LogP contribution < -0.4 is 11.1 Å². The Hall–Kier alpha value is -2.43. The van der Waals surface area contributed by atoms with Gasteiger partial charge in [-0.2, -0.15) is 0 Å². The molecule has 0 radical (unpaired) electrons. The Kier molecular flexibility index (Phi) is 3.33. The second-order valence-corrected chi connectivity index (χ2v) is 5.13. The second kappa shape index (κ2) is 5.16. The molecule has 110 valence electrons. The zero-order chi connectivity index (χ0) is 15.0. The summed E-state index contributed by atoms with van der Waals surface area (Å²) in [5, 5.41) is 3.35. The molecule has 1 aromatic carbocycles. The van der Waals surface area contributed by atoms with Crippen LogP contribution in [0.4, 0.5) is 5.69 Å². The van der Waals surface area contributed by atoms with Crippen molar-refractivity contribution in [2.24, 2.45) is 7.05 Å². The molecule has 0 unspecified atom stereocenters. The maximum atomic E-state index is 11.5. The first-order valence-corrected chi connectivity index (χ1v) is 7.03. The molecule has 0 saturated carbocycles. The summed E-state index contributed by atoms with van der Waals surface area (Å²) in [7, 11) is 1.69. The number of anilines is 1. The Balaban J connectivity index is 1.85.